The van der Waals surface area contributed by atoms with Gasteiger partial charge in [0.15, 0.2) is 0 Å². The Morgan fingerprint density at radius 1 is 1.06 bits per heavy atom. The Hall–Kier alpha value is -2.48. The first-order valence-corrected chi connectivity index (χ1v) is 12.1. The predicted molar refractivity (Wildman–Crippen MR) is 121 cm³/mol. The summed E-state index contributed by atoms with van der Waals surface area (Å²) in [5.74, 6) is 0.511. The molecule has 2 amide bonds. The minimum Gasteiger partial charge on any atom is -0.378 e. The van der Waals surface area contributed by atoms with Crippen LogP contribution in [0.25, 0.3) is 0 Å². The number of amides is 2. The van der Waals surface area contributed by atoms with Crippen molar-refractivity contribution in [2.75, 3.05) is 17.2 Å². The van der Waals surface area contributed by atoms with E-state index in [1.165, 1.54) is 11.3 Å². The van der Waals surface area contributed by atoms with E-state index in [9.17, 15) is 19.2 Å². The summed E-state index contributed by atoms with van der Waals surface area (Å²) in [6.45, 7) is 2.54. The third kappa shape index (κ3) is 3.93. The van der Waals surface area contributed by atoms with E-state index in [-0.39, 0.29) is 29.2 Å². The Balaban J connectivity index is 1.39. The van der Waals surface area contributed by atoms with Crippen molar-refractivity contribution >= 4 is 33.8 Å². The molecule has 0 radical (unpaired) electrons. The van der Waals surface area contributed by atoms with Gasteiger partial charge in [0.25, 0.3) is 5.91 Å². The van der Waals surface area contributed by atoms with Gasteiger partial charge in [-0.25, -0.2) is 0 Å². The standard InChI is InChI=1S/C23H27N3O4S/c1-2-14-18(20(28)19(14)27)25-13-7-8-16-15(9-13)17(22(30)24-10-11-3-4-11)23(31-16)26-21(29)12-5-6-12/h11-13,25H,2-10H2,1H3,(H,24,30)(H,26,29). The highest BCUT2D eigenvalue weighted by Gasteiger charge is 2.35. The molecule has 8 heteroatoms. The number of anilines is 2. The van der Waals surface area contributed by atoms with Gasteiger partial charge in [0, 0.05) is 28.9 Å². The van der Waals surface area contributed by atoms with Crippen LogP contribution >= 0.6 is 11.3 Å². The summed E-state index contributed by atoms with van der Waals surface area (Å²) in [4.78, 5) is 50.4. The molecule has 0 saturated heterocycles. The molecule has 1 atom stereocenters. The molecule has 1 aromatic heterocycles. The van der Waals surface area contributed by atoms with Gasteiger partial charge in [0.05, 0.1) is 11.3 Å². The minimum absolute atomic E-state index is 0.000773. The van der Waals surface area contributed by atoms with Gasteiger partial charge in [-0.15, -0.1) is 11.3 Å². The molecule has 0 bridgehead atoms. The van der Waals surface area contributed by atoms with Crippen LogP contribution < -0.4 is 26.8 Å². The first-order chi connectivity index (χ1) is 15.0. The molecule has 0 spiro atoms. The van der Waals surface area contributed by atoms with Crippen molar-refractivity contribution in [3.8, 4) is 0 Å². The fraction of sp³-hybridized carbons (Fsp3) is 0.565. The van der Waals surface area contributed by atoms with Gasteiger partial charge in [0.1, 0.15) is 5.00 Å². The quantitative estimate of drug-likeness (QED) is 0.546. The zero-order valence-electron chi connectivity index (χ0n) is 17.6. The van der Waals surface area contributed by atoms with Gasteiger partial charge >= 0.3 is 0 Å². The lowest BCUT2D eigenvalue weighted by Crippen LogP contribution is -2.41. The number of carbonyl (C=O) groups excluding carboxylic acids is 2. The molecule has 2 aromatic rings. The Morgan fingerprint density at radius 2 is 1.84 bits per heavy atom. The van der Waals surface area contributed by atoms with Crippen molar-refractivity contribution < 1.29 is 9.59 Å². The lowest BCUT2D eigenvalue weighted by molar-refractivity contribution is -0.117. The van der Waals surface area contributed by atoms with Crippen molar-refractivity contribution in [2.45, 2.75) is 64.3 Å². The highest BCUT2D eigenvalue weighted by atomic mass is 32.1. The molecule has 3 aliphatic carbocycles. The SMILES string of the molecule is CCc1c(NC2CCc3sc(NC(=O)C4CC4)c(C(=O)NCC4CC4)c3C2)c(=O)c1=O. The molecular formula is C23H27N3O4S. The van der Waals surface area contributed by atoms with E-state index in [0.717, 1.165) is 49.0 Å². The number of fused-ring (bicyclic) bond motifs is 1. The minimum atomic E-state index is -0.437. The molecule has 31 heavy (non-hydrogen) atoms. The average molecular weight is 442 g/mol. The van der Waals surface area contributed by atoms with Gasteiger partial charge in [0.2, 0.25) is 16.8 Å². The van der Waals surface area contributed by atoms with Gasteiger partial charge in [-0.2, -0.15) is 0 Å². The number of rotatable bonds is 8. The highest BCUT2D eigenvalue weighted by molar-refractivity contribution is 7.17. The highest BCUT2D eigenvalue weighted by Crippen LogP contribution is 2.40. The van der Waals surface area contributed by atoms with Crippen LogP contribution in [0.5, 0.6) is 0 Å². The monoisotopic (exact) mass is 441 g/mol. The van der Waals surface area contributed by atoms with E-state index < -0.39 is 5.43 Å². The number of hydrogen-bond acceptors (Lipinski definition) is 6. The Morgan fingerprint density at radius 3 is 2.52 bits per heavy atom. The van der Waals surface area contributed by atoms with E-state index in [1.54, 1.807) is 0 Å². The lowest BCUT2D eigenvalue weighted by atomic mass is 9.90. The predicted octanol–water partition coefficient (Wildman–Crippen LogP) is 2.36. The summed E-state index contributed by atoms with van der Waals surface area (Å²) < 4.78 is 0. The first kappa shape index (κ1) is 20.4. The molecular weight excluding hydrogens is 414 g/mol. The topological polar surface area (TPSA) is 104 Å². The van der Waals surface area contributed by atoms with Crippen LogP contribution in [0.2, 0.25) is 0 Å². The maximum Gasteiger partial charge on any atom is 0.254 e. The second-order valence-corrected chi connectivity index (χ2v) is 10.2. The van der Waals surface area contributed by atoms with Crippen LogP contribution in [0.15, 0.2) is 9.59 Å². The van der Waals surface area contributed by atoms with E-state index in [0.29, 0.717) is 47.1 Å². The van der Waals surface area contributed by atoms with Crippen molar-refractivity contribution in [3.63, 3.8) is 0 Å². The van der Waals surface area contributed by atoms with E-state index >= 15 is 0 Å². The van der Waals surface area contributed by atoms with E-state index in [4.69, 9.17) is 0 Å². The second kappa shape index (κ2) is 7.89. The van der Waals surface area contributed by atoms with Gasteiger partial charge in [-0.05, 0) is 62.8 Å². The molecule has 0 aliphatic heterocycles. The van der Waals surface area contributed by atoms with Crippen LogP contribution in [0, 0.1) is 11.8 Å². The van der Waals surface area contributed by atoms with E-state index in [1.807, 2.05) is 6.92 Å². The van der Waals surface area contributed by atoms with Crippen LogP contribution in [-0.4, -0.2) is 24.4 Å². The van der Waals surface area contributed by atoms with Crippen LogP contribution in [0.1, 0.15) is 65.4 Å². The fourth-order valence-electron chi connectivity index (χ4n) is 4.37. The molecule has 164 valence electrons. The summed E-state index contributed by atoms with van der Waals surface area (Å²) in [6, 6.07) is -0.0161. The maximum absolute atomic E-state index is 13.1. The molecule has 1 heterocycles. The summed E-state index contributed by atoms with van der Waals surface area (Å²) in [7, 11) is 0. The van der Waals surface area contributed by atoms with Crippen molar-refractivity contribution in [1.82, 2.24) is 5.32 Å². The van der Waals surface area contributed by atoms with Gasteiger partial charge in [-0.3, -0.25) is 19.2 Å². The smallest absolute Gasteiger partial charge is 0.254 e. The molecule has 2 fully saturated rings. The average Bonchev–Trinajstić information content (AvgIpc) is 3.68. The molecule has 3 N–H and O–H groups in total. The second-order valence-electron chi connectivity index (χ2n) is 9.07. The number of aryl methyl sites for hydroxylation is 1. The Kier molecular flexibility index (Phi) is 5.20. The molecule has 2 saturated carbocycles. The van der Waals surface area contributed by atoms with Crippen molar-refractivity contribution in [1.29, 1.82) is 0 Å². The zero-order valence-corrected chi connectivity index (χ0v) is 18.5. The molecule has 7 nitrogen and oxygen atoms in total. The molecule has 1 aromatic carbocycles. The number of thiophene rings is 1. The third-order valence-corrected chi connectivity index (χ3v) is 7.84. The summed E-state index contributed by atoms with van der Waals surface area (Å²) in [5, 5.41) is 9.99. The molecule has 1 unspecified atom stereocenters. The van der Waals surface area contributed by atoms with Crippen LogP contribution in [0.4, 0.5) is 10.7 Å². The van der Waals surface area contributed by atoms with Crippen molar-refractivity contribution in [3.05, 3.63) is 42.0 Å². The number of hydrogen-bond donors (Lipinski definition) is 3. The lowest BCUT2D eigenvalue weighted by Gasteiger charge is -2.26. The summed E-state index contributed by atoms with van der Waals surface area (Å²) >= 11 is 1.51. The van der Waals surface area contributed by atoms with Crippen molar-refractivity contribution in [2.24, 2.45) is 11.8 Å². The first-order valence-electron chi connectivity index (χ1n) is 11.3. The Bertz CT molecular complexity index is 1120. The van der Waals surface area contributed by atoms with Gasteiger partial charge in [-0.1, -0.05) is 6.92 Å². The normalized spacial score (nSPS) is 20.4. The molecule has 5 rings (SSSR count). The van der Waals surface area contributed by atoms with E-state index in [2.05, 4.69) is 16.0 Å². The van der Waals surface area contributed by atoms with Gasteiger partial charge < -0.3 is 16.0 Å². The number of carbonyl (C=O) groups is 2. The van der Waals surface area contributed by atoms with Crippen LogP contribution in [-0.2, 0) is 24.1 Å². The number of nitrogens with one attached hydrogen (secondary N) is 3. The largest absolute Gasteiger partial charge is 0.378 e. The van der Waals surface area contributed by atoms with Crippen LogP contribution in [0.3, 0.4) is 0 Å². The summed E-state index contributed by atoms with van der Waals surface area (Å²) in [6.07, 6.45) is 6.85. The molecule has 3 aliphatic rings. The Labute approximate surface area is 184 Å². The zero-order chi connectivity index (χ0) is 21.7. The summed E-state index contributed by atoms with van der Waals surface area (Å²) in [5.41, 5.74) is 1.74. The fourth-order valence-corrected chi connectivity index (χ4v) is 5.62. The third-order valence-electron chi connectivity index (χ3n) is 6.63. The maximum atomic E-state index is 13.1.